The summed E-state index contributed by atoms with van der Waals surface area (Å²) in [6, 6.07) is -0.546. The van der Waals surface area contributed by atoms with Crippen LogP contribution in [-0.4, -0.2) is 47.9 Å². The van der Waals surface area contributed by atoms with Crippen LogP contribution >= 0.6 is 0 Å². The summed E-state index contributed by atoms with van der Waals surface area (Å²) < 4.78 is 9.75. The number of methoxy groups -OCH3 is 1. The first-order valence-corrected chi connectivity index (χ1v) is 4.55. The van der Waals surface area contributed by atoms with Gasteiger partial charge in [0.05, 0.1) is 26.2 Å². The van der Waals surface area contributed by atoms with Crippen molar-refractivity contribution in [2.24, 2.45) is 0 Å². The molecule has 6 nitrogen and oxygen atoms in total. The van der Waals surface area contributed by atoms with Crippen LogP contribution in [0.4, 0.5) is 0 Å². The SMILES string of the molecule is COC(=O)/C=C1/OC2CC(=O)N2C1CO. The summed E-state index contributed by atoms with van der Waals surface area (Å²) in [6.07, 6.45) is 1.13. The summed E-state index contributed by atoms with van der Waals surface area (Å²) in [6.45, 7) is -0.259. The van der Waals surface area contributed by atoms with Crippen molar-refractivity contribution in [3.8, 4) is 0 Å². The minimum absolute atomic E-state index is 0.0766. The minimum atomic E-state index is -0.557. The monoisotopic (exact) mass is 213 g/mol. The second-order valence-electron chi connectivity index (χ2n) is 3.35. The number of aliphatic hydroxyl groups excluding tert-OH is 1. The lowest BCUT2D eigenvalue weighted by molar-refractivity contribution is -0.157. The molecule has 0 spiro atoms. The van der Waals surface area contributed by atoms with Crippen molar-refractivity contribution in [2.75, 3.05) is 13.7 Å². The Morgan fingerprint density at radius 1 is 1.80 bits per heavy atom. The molecular formula is C9H11NO5. The van der Waals surface area contributed by atoms with Crippen LogP contribution in [0.25, 0.3) is 0 Å². The second kappa shape index (κ2) is 3.54. The Bertz CT molecular complexity index is 337. The highest BCUT2D eigenvalue weighted by Gasteiger charge is 2.50. The first kappa shape index (κ1) is 9.97. The van der Waals surface area contributed by atoms with E-state index in [-0.39, 0.29) is 18.7 Å². The molecule has 2 fully saturated rings. The van der Waals surface area contributed by atoms with Crippen LogP contribution in [0.2, 0.25) is 0 Å². The average Bonchev–Trinajstić information content (AvgIpc) is 2.50. The van der Waals surface area contributed by atoms with Crippen LogP contribution in [0.15, 0.2) is 11.8 Å². The van der Waals surface area contributed by atoms with Crippen LogP contribution < -0.4 is 0 Å². The summed E-state index contributed by atoms with van der Waals surface area (Å²) in [5, 5.41) is 9.10. The Labute approximate surface area is 86.1 Å². The number of aliphatic hydroxyl groups is 1. The highest BCUT2D eigenvalue weighted by Crippen LogP contribution is 2.35. The lowest BCUT2D eigenvalue weighted by atomic mass is 10.1. The maximum atomic E-state index is 11.2. The van der Waals surface area contributed by atoms with E-state index in [1.165, 1.54) is 12.0 Å². The van der Waals surface area contributed by atoms with E-state index in [1.54, 1.807) is 0 Å². The van der Waals surface area contributed by atoms with E-state index in [1.807, 2.05) is 0 Å². The van der Waals surface area contributed by atoms with Gasteiger partial charge in [-0.05, 0) is 0 Å². The van der Waals surface area contributed by atoms with Crippen molar-refractivity contribution in [1.29, 1.82) is 0 Å². The molecule has 0 aromatic carbocycles. The zero-order valence-electron chi connectivity index (χ0n) is 8.17. The number of esters is 1. The summed E-state index contributed by atoms with van der Waals surface area (Å²) >= 11 is 0. The van der Waals surface area contributed by atoms with Gasteiger partial charge in [0, 0.05) is 0 Å². The van der Waals surface area contributed by atoms with E-state index < -0.39 is 12.0 Å². The molecule has 2 unspecified atom stereocenters. The lowest BCUT2D eigenvalue weighted by Crippen LogP contribution is -2.53. The van der Waals surface area contributed by atoms with Crippen molar-refractivity contribution in [3.05, 3.63) is 11.8 Å². The van der Waals surface area contributed by atoms with Gasteiger partial charge in [-0.3, -0.25) is 9.69 Å². The third-order valence-corrected chi connectivity index (χ3v) is 2.52. The van der Waals surface area contributed by atoms with E-state index in [2.05, 4.69) is 4.74 Å². The van der Waals surface area contributed by atoms with Gasteiger partial charge in [0.1, 0.15) is 11.8 Å². The number of hydrogen-bond acceptors (Lipinski definition) is 5. The van der Waals surface area contributed by atoms with Gasteiger partial charge in [0.25, 0.3) is 0 Å². The second-order valence-corrected chi connectivity index (χ2v) is 3.35. The van der Waals surface area contributed by atoms with Gasteiger partial charge in [0.2, 0.25) is 5.91 Å². The predicted molar refractivity (Wildman–Crippen MR) is 47.3 cm³/mol. The van der Waals surface area contributed by atoms with Crippen molar-refractivity contribution < 1.29 is 24.2 Å². The number of carbonyl (C=O) groups is 2. The molecule has 0 saturated carbocycles. The Morgan fingerprint density at radius 2 is 2.53 bits per heavy atom. The molecule has 2 saturated heterocycles. The summed E-state index contributed by atoms with van der Waals surface area (Å²) in [7, 11) is 1.25. The normalized spacial score (nSPS) is 30.9. The van der Waals surface area contributed by atoms with E-state index in [0.717, 1.165) is 6.08 Å². The van der Waals surface area contributed by atoms with Crippen molar-refractivity contribution >= 4 is 11.9 Å². The largest absolute Gasteiger partial charge is 0.472 e. The molecular weight excluding hydrogens is 202 g/mol. The van der Waals surface area contributed by atoms with Gasteiger partial charge >= 0.3 is 5.97 Å². The molecule has 1 N–H and O–H groups in total. The molecule has 0 aromatic heterocycles. The summed E-state index contributed by atoms with van der Waals surface area (Å²) in [5.41, 5.74) is 0. The molecule has 0 aliphatic carbocycles. The third-order valence-electron chi connectivity index (χ3n) is 2.52. The zero-order valence-corrected chi connectivity index (χ0v) is 8.17. The molecule has 2 rings (SSSR count). The average molecular weight is 213 g/mol. The van der Waals surface area contributed by atoms with Crippen LogP contribution in [0.1, 0.15) is 6.42 Å². The molecule has 15 heavy (non-hydrogen) atoms. The Morgan fingerprint density at radius 3 is 3.07 bits per heavy atom. The summed E-state index contributed by atoms with van der Waals surface area (Å²) in [4.78, 5) is 23.6. The molecule has 0 bridgehead atoms. The number of carbonyl (C=O) groups excluding carboxylic acids is 2. The number of fused-ring (bicyclic) bond motifs is 1. The predicted octanol–water partition coefficient (Wildman–Crippen LogP) is -1.01. The first-order valence-electron chi connectivity index (χ1n) is 4.55. The van der Waals surface area contributed by atoms with E-state index in [9.17, 15) is 9.59 Å². The molecule has 2 aliphatic heterocycles. The van der Waals surface area contributed by atoms with Gasteiger partial charge in [-0.1, -0.05) is 0 Å². The Hall–Kier alpha value is -1.56. The highest BCUT2D eigenvalue weighted by atomic mass is 16.5. The Balaban J connectivity index is 2.17. The topological polar surface area (TPSA) is 76.1 Å². The first-order chi connectivity index (χ1) is 7.17. The smallest absolute Gasteiger partial charge is 0.333 e. The number of β-lactam (4-membered cyclic amide) rings is 1. The van der Waals surface area contributed by atoms with Crippen molar-refractivity contribution in [1.82, 2.24) is 4.90 Å². The van der Waals surface area contributed by atoms with Crippen LogP contribution in [0.3, 0.4) is 0 Å². The minimum Gasteiger partial charge on any atom is -0.472 e. The van der Waals surface area contributed by atoms with Gasteiger partial charge in [-0.15, -0.1) is 0 Å². The molecule has 2 heterocycles. The van der Waals surface area contributed by atoms with Crippen LogP contribution in [-0.2, 0) is 19.1 Å². The number of nitrogens with zero attached hydrogens (tertiary/aromatic N) is 1. The standard InChI is InChI=1S/C9H11NO5/c1-14-9(13)2-6-5(4-11)10-7(12)3-8(10)15-6/h2,5,8,11H,3-4H2,1H3/b6-2+. The lowest BCUT2D eigenvalue weighted by Gasteiger charge is -2.34. The van der Waals surface area contributed by atoms with Crippen molar-refractivity contribution in [3.63, 3.8) is 0 Å². The fourth-order valence-electron chi connectivity index (χ4n) is 1.73. The fourth-order valence-corrected chi connectivity index (χ4v) is 1.73. The maximum absolute atomic E-state index is 11.2. The van der Waals surface area contributed by atoms with Crippen LogP contribution in [0.5, 0.6) is 0 Å². The van der Waals surface area contributed by atoms with Crippen LogP contribution in [0, 0.1) is 0 Å². The molecule has 1 amide bonds. The van der Waals surface area contributed by atoms with E-state index >= 15 is 0 Å². The number of rotatable bonds is 2. The molecule has 0 aromatic rings. The van der Waals surface area contributed by atoms with Gasteiger partial charge in [-0.2, -0.15) is 0 Å². The van der Waals surface area contributed by atoms with Gasteiger partial charge < -0.3 is 14.6 Å². The van der Waals surface area contributed by atoms with Gasteiger partial charge in [-0.25, -0.2) is 4.79 Å². The molecule has 82 valence electrons. The number of ether oxygens (including phenoxy) is 2. The van der Waals surface area contributed by atoms with Gasteiger partial charge in [0.15, 0.2) is 6.23 Å². The Kier molecular flexibility index (Phi) is 2.36. The maximum Gasteiger partial charge on any atom is 0.333 e. The molecule has 0 radical (unpaired) electrons. The zero-order chi connectivity index (χ0) is 11.0. The molecule has 6 heteroatoms. The van der Waals surface area contributed by atoms with Crippen molar-refractivity contribution in [2.45, 2.75) is 18.7 Å². The summed E-state index contributed by atoms with van der Waals surface area (Å²) in [5.74, 6) is -0.342. The molecule has 2 atom stereocenters. The molecule has 2 aliphatic rings. The fraction of sp³-hybridized carbons (Fsp3) is 0.556. The highest BCUT2D eigenvalue weighted by molar-refractivity contribution is 5.86. The third kappa shape index (κ3) is 1.46. The van der Waals surface area contributed by atoms with E-state index in [4.69, 9.17) is 9.84 Å². The van der Waals surface area contributed by atoms with E-state index in [0.29, 0.717) is 12.2 Å². The number of hydrogen-bond donors (Lipinski definition) is 1. The number of amides is 1. The quantitative estimate of drug-likeness (QED) is 0.361.